The Hall–Kier alpha value is -0.940. The van der Waals surface area contributed by atoms with E-state index in [1.54, 1.807) is 13.8 Å². The van der Waals surface area contributed by atoms with E-state index in [1.807, 2.05) is 0 Å². The van der Waals surface area contributed by atoms with Gasteiger partial charge in [0.1, 0.15) is 5.82 Å². The quantitative estimate of drug-likeness (QED) is 0.924. The van der Waals surface area contributed by atoms with E-state index in [9.17, 15) is 12.8 Å². The third kappa shape index (κ3) is 3.29. The summed E-state index contributed by atoms with van der Waals surface area (Å²) in [6.07, 6.45) is 3.01. The molecule has 0 saturated heterocycles. The first-order valence-electron chi connectivity index (χ1n) is 7.55. The van der Waals surface area contributed by atoms with E-state index >= 15 is 0 Å². The summed E-state index contributed by atoms with van der Waals surface area (Å²) in [5, 5.41) is 0. The number of hydrogen-bond acceptors (Lipinski definition) is 2. The maximum absolute atomic E-state index is 13.3. The van der Waals surface area contributed by atoms with Gasteiger partial charge < -0.3 is 0 Å². The van der Waals surface area contributed by atoms with Crippen LogP contribution in [0.3, 0.4) is 0 Å². The van der Waals surface area contributed by atoms with Gasteiger partial charge in [-0.3, -0.25) is 0 Å². The molecule has 0 amide bonds. The van der Waals surface area contributed by atoms with Crippen molar-refractivity contribution in [3.8, 4) is 0 Å². The summed E-state index contributed by atoms with van der Waals surface area (Å²) in [7, 11) is -3.60. The molecule has 3 unspecified atom stereocenters. The zero-order valence-corrected chi connectivity index (χ0v) is 13.9. The van der Waals surface area contributed by atoms with Crippen LogP contribution in [0.15, 0.2) is 17.0 Å². The molecule has 2 rings (SSSR count). The van der Waals surface area contributed by atoms with Crippen LogP contribution >= 0.6 is 0 Å². The van der Waals surface area contributed by atoms with Crippen molar-refractivity contribution in [3.63, 3.8) is 0 Å². The lowest BCUT2D eigenvalue weighted by Gasteiger charge is -2.22. The zero-order valence-electron chi connectivity index (χ0n) is 13.1. The Kier molecular flexibility index (Phi) is 4.73. The first-order valence-corrected chi connectivity index (χ1v) is 9.03. The SMILES string of the molecule is CCC1CCC(NS(=O)(=O)c2c(C)cc(F)cc2C)C1C. The van der Waals surface area contributed by atoms with Gasteiger partial charge in [0, 0.05) is 6.04 Å². The Balaban J connectivity index is 2.28. The van der Waals surface area contributed by atoms with Gasteiger partial charge in [0.05, 0.1) is 4.90 Å². The first kappa shape index (κ1) is 16.4. The summed E-state index contributed by atoms with van der Waals surface area (Å²) < 4.78 is 41.5. The number of nitrogens with one attached hydrogen (secondary N) is 1. The molecule has 1 saturated carbocycles. The molecular formula is C16H24FNO2S. The Morgan fingerprint density at radius 1 is 1.24 bits per heavy atom. The highest BCUT2D eigenvalue weighted by Gasteiger charge is 2.35. The largest absolute Gasteiger partial charge is 0.241 e. The van der Waals surface area contributed by atoms with Crippen LogP contribution in [-0.2, 0) is 10.0 Å². The maximum Gasteiger partial charge on any atom is 0.241 e. The molecule has 0 aromatic heterocycles. The third-order valence-corrected chi connectivity index (χ3v) is 6.55. The highest BCUT2D eigenvalue weighted by molar-refractivity contribution is 7.89. The maximum atomic E-state index is 13.3. The molecule has 1 aromatic rings. The molecule has 3 atom stereocenters. The van der Waals surface area contributed by atoms with Crippen molar-refractivity contribution in [3.05, 3.63) is 29.1 Å². The van der Waals surface area contributed by atoms with Gasteiger partial charge in [0.15, 0.2) is 0 Å². The van der Waals surface area contributed by atoms with E-state index < -0.39 is 15.8 Å². The van der Waals surface area contributed by atoms with Crippen molar-refractivity contribution in [2.45, 2.75) is 57.9 Å². The summed E-state index contributed by atoms with van der Waals surface area (Å²) >= 11 is 0. The molecule has 1 fully saturated rings. The predicted octanol–water partition coefficient (Wildman–Crippen LogP) is 3.55. The number of rotatable bonds is 4. The molecule has 1 N–H and O–H groups in total. The van der Waals surface area contributed by atoms with E-state index in [0.717, 1.165) is 19.3 Å². The molecule has 0 heterocycles. The van der Waals surface area contributed by atoms with Crippen molar-refractivity contribution in [1.82, 2.24) is 4.72 Å². The lowest BCUT2D eigenvalue weighted by molar-refractivity contribution is 0.368. The topological polar surface area (TPSA) is 46.2 Å². The van der Waals surface area contributed by atoms with E-state index in [4.69, 9.17) is 0 Å². The predicted molar refractivity (Wildman–Crippen MR) is 82.2 cm³/mol. The third-order valence-electron chi connectivity index (χ3n) is 4.75. The van der Waals surface area contributed by atoms with E-state index in [0.29, 0.717) is 23.0 Å². The van der Waals surface area contributed by atoms with Crippen LogP contribution in [0.2, 0.25) is 0 Å². The first-order chi connectivity index (χ1) is 9.76. The van der Waals surface area contributed by atoms with Crippen molar-refractivity contribution >= 4 is 10.0 Å². The Morgan fingerprint density at radius 2 is 1.81 bits per heavy atom. The Labute approximate surface area is 127 Å². The average Bonchev–Trinajstić information content (AvgIpc) is 2.68. The van der Waals surface area contributed by atoms with Gasteiger partial charge in [0.25, 0.3) is 0 Å². The van der Waals surface area contributed by atoms with E-state index in [-0.39, 0.29) is 10.9 Å². The molecule has 1 aliphatic carbocycles. The van der Waals surface area contributed by atoms with Gasteiger partial charge in [-0.05, 0) is 61.8 Å². The highest BCUT2D eigenvalue weighted by Crippen LogP contribution is 2.35. The molecule has 118 valence electrons. The van der Waals surface area contributed by atoms with Crippen LogP contribution in [0.25, 0.3) is 0 Å². The molecule has 1 aromatic carbocycles. The fourth-order valence-electron chi connectivity index (χ4n) is 3.57. The lowest BCUT2D eigenvalue weighted by Crippen LogP contribution is -2.38. The molecule has 0 radical (unpaired) electrons. The summed E-state index contributed by atoms with van der Waals surface area (Å²) in [5.74, 6) is 0.517. The summed E-state index contributed by atoms with van der Waals surface area (Å²) in [6, 6.07) is 2.52. The smallest absolute Gasteiger partial charge is 0.208 e. The van der Waals surface area contributed by atoms with Crippen LogP contribution in [0, 0.1) is 31.5 Å². The summed E-state index contributed by atoms with van der Waals surface area (Å²) in [6.45, 7) is 7.53. The van der Waals surface area contributed by atoms with Crippen LogP contribution in [-0.4, -0.2) is 14.5 Å². The normalized spacial score (nSPS) is 26.2. The van der Waals surface area contributed by atoms with Gasteiger partial charge in [-0.2, -0.15) is 0 Å². The minimum atomic E-state index is -3.60. The number of aryl methyl sites for hydroxylation is 2. The summed E-state index contributed by atoms with van der Waals surface area (Å²) in [4.78, 5) is 0.219. The van der Waals surface area contributed by atoms with Crippen LogP contribution in [0.5, 0.6) is 0 Å². The second-order valence-electron chi connectivity index (χ2n) is 6.20. The van der Waals surface area contributed by atoms with Crippen molar-refractivity contribution < 1.29 is 12.8 Å². The second kappa shape index (κ2) is 6.05. The van der Waals surface area contributed by atoms with Gasteiger partial charge >= 0.3 is 0 Å². The number of benzene rings is 1. The monoisotopic (exact) mass is 313 g/mol. The fraction of sp³-hybridized carbons (Fsp3) is 0.625. The standard InChI is InChI=1S/C16H24FNO2S/c1-5-13-6-7-15(12(13)4)18-21(19,20)16-10(2)8-14(17)9-11(16)3/h8-9,12-13,15,18H,5-7H2,1-4H3. The number of hydrogen-bond donors (Lipinski definition) is 1. The summed E-state index contributed by atoms with van der Waals surface area (Å²) in [5.41, 5.74) is 0.912. The van der Waals surface area contributed by atoms with Gasteiger partial charge in [-0.1, -0.05) is 20.3 Å². The van der Waals surface area contributed by atoms with E-state index in [2.05, 4.69) is 18.6 Å². The fourth-order valence-corrected chi connectivity index (χ4v) is 5.38. The van der Waals surface area contributed by atoms with Crippen LogP contribution in [0.1, 0.15) is 44.2 Å². The highest BCUT2D eigenvalue weighted by atomic mass is 32.2. The van der Waals surface area contributed by atoms with Gasteiger partial charge in [0.2, 0.25) is 10.0 Å². The number of halogens is 1. The molecule has 5 heteroatoms. The minimum Gasteiger partial charge on any atom is -0.208 e. The minimum absolute atomic E-state index is 0.0243. The molecular weight excluding hydrogens is 289 g/mol. The van der Waals surface area contributed by atoms with Crippen LogP contribution in [0.4, 0.5) is 4.39 Å². The second-order valence-corrected chi connectivity index (χ2v) is 7.85. The molecule has 1 aliphatic rings. The van der Waals surface area contributed by atoms with Crippen molar-refractivity contribution in [2.24, 2.45) is 11.8 Å². The van der Waals surface area contributed by atoms with Crippen LogP contribution < -0.4 is 4.72 Å². The van der Waals surface area contributed by atoms with Gasteiger partial charge in [-0.25, -0.2) is 17.5 Å². The molecule has 0 spiro atoms. The van der Waals surface area contributed by atoms with Crippen molar-refractivity contribution in [1.29, 1.82) is 0 Å². The average molecular weight is 313 g/mol. The van der Waals surface area contributed by atoms with Gasteiger partial charge in [-0.15, -0.1) is 0 Å². The zero-order chi connectivity index (χ0) is 15.8. The molecule has 0 aliphatic heterocycles. The molecule has 21 heavy (non-hydrogen) atoms. The Morgan fingerprint density at radius 3 is 2.29 bits per heavy atom. The number of sulfonamides is 1. The molecule has 0 bridgehead atoms. The van der Waals surface area contributed by atoms with E-state index in [1.165, 1.54) is 12.1 Å². The lowest BCUT2D eigenvalue weighted by atomic mass is 9.94. The Bertz CT molecular complexity index is 604. The molecule has 3 nitrogen and oxygen atoms in total. The van der Waals surface area contributed by atoms with Crippen molar-refractivity contribution in [2.75, 3.05) is 0 Å².